The first-order valence-corrected chi connectivity index (χ1v) is 7.57. The minimum absolute atomic E-state index is 0.00638. The zero-order chi connectivity index (χ0) is 15.5. The maximum absolute atomic E-state index is 13.0. The number of carbonyl (C=O) groups is 1. The summed E-state index contributed by atoms with van der Waals surface area (Å²) in [6.07, 6.45) is 3.57. The maximum atomic E-state index is 13.0. The first-order chi connectivity index (χ1) is 10.0. The van der Waals surface area contributed by atoms with Crippen molar-refractivity contribution in [2.45, 2.75) is 51.2 Å². The fraction of sp³-hybridized carbons (Fsp3) is 0.857. The Balaban J connectivity index is 2.21. The van der Waals surface area contributed by atoms with E-state index < -0.39 is 5.41 Å². The number of aliphatic hydroxyl groups is 1. The highest BCUT2D eigenvalue weighted by Crippen LogP contribution is 2.39. The first-order valence-electron chi connectivity index (χ1n) is 7.57. The molecule has 1 aliphatic carbocycles. The van der Waals surface area contributed by atoms with Crippen molar-refractivity contribution < 1.29 is 19.8 Å². The number of hydrogen-bond acceptors (Lipinski definition) is 5. The maximum Gasteiger partial charge on any atom is 0.236 e. The van der Waals surface area contributed by atoms with E-state index in [2.05, 4.69) is 5.16 Å². The van der Waals surface area contributed by atoms with Gasteiger partial charge in [0.1, 0.15) is 5.41 Å². The second-order valence-corrected chi connectivity index (χ2v) is 6.09. The highest BCUT2D eigenvalue weighted by molar-refractivity contribution is 6.06. The van der Waals surface area contributed by atoms with Gasteiger partial charge in [-0.1, -0.05) is 24.4 Å². The van der Waals surface area contributed by atoms with Crippen LogP contribution in [0.25, 0.3) is 0 Å². The van der Waals surface area contributed by atoms with Crippen molar-refractivity contribution in [1.82, 2.24) is 4.90 Å². The topological polar surface area (TPSA) is 108 Å². The van der Waals surface area contributed by atoms with Crippen molar-refractivity contribution in [3.05, 3.63) is 0 Å². The van der Waals surface area contributed by atoms with Gasteiger partial charge < -0.3 is 25.7 Å². The Hall–Kier alpha value is -1.34. The summed E-state index contributed by atoms with van der Waals surface area (Å²) < 4.78 is 5.57. The molecule has 1 amide bonds. The first kappa shape index (κ1) is 16.0. The lowest BCUT2D eigenvalue weighted by atomic mass is 9.72. The second-order valence-electron chi connectivity index (χ2n) is 6.09. The summed E-state index contributed by atoms with van der Waals surface area (Å²) in [7, 11) is 0. The van der Waals surface area contributed by atoms with E-state index in [1.165, 1.54) is 0 Å². The monoisotopic (exact) mass is 299 g/mol. The van der Waals surface area contributed by atoms with Crippen LogP contribution in [0.5, 0.6) is 0 Å². The molecule has 7 heteroatoms. The Bertz CT molecular complexity index is 407. The fourth-order valence-electron chi connectivity index (χ4n) is 3.45. The molecule has 4 N–H and O–H groups in total. The van der Waals surface area contributed by atoms with Crippen molar-refractivity contribution in [3.63, 3.8) is 0 Å². The lowest BCUT2D eigenvalue weighted by Crippen LogP contribution is -2.58. The van der Waals surface area contributed by atoms with Crippen LogP contribution in [0.4, 0.5) is 0 Å². The lowest BCUT2D eigenvalue weighted by molar-refractivity contribution is -0.155. The number of rotatable bonds is 3. The van der Waals surface area contributed by atoms with Gasteiger partial charge in [-0.05, 0) is 19.8 Å². The summed E-state index contributed by atoms with van der Waals surface area (Å²) in [4.78, 5) is 14.7. The van der Waals surface area contributed by atoms with E-state index in [0.29, 0.717) is 25.9 Å². The largest absolute Gasteiger partial charge is 0.409 e. The van der Waals surface area contributed by atoms with Crippen LogP contribution in [0.3, 0.4) is 0 Å². The van der Waals surface area contributed by atoms with Crippen molar-refractivity contribution in [3.8, 4) is 0 Å². The van der Waals surface area contributed by atoms with E-state index in [1.54, 1.807) is 4.90 Å². The van der Waals surface area contributed by atoms with E-state index in [-0.39, 0.29) is 30.6 Å². The average molecular weight is 299 g/mol. The van der Waals surface area contributed by atoms with Gasteiger partial charge in [-0.2, -0.15) is 0 Å². The lowest BCUT2D eigenvalue weighted by Gasteiger charge is -2.43. The molecular weight excluding hydrogens is 274 g/mol. The van der Waals surface area contributed by atoms with Gasteiger partial charge >= 0.3 is 0 Å². The molecule has 0 aromatic carbocycles. The Labute approximate surface area is 124 Å². The Kier molecular flexibility index (Phi) is 5.05. The minimum atomic E-state index is -0.899. The zero-order valence-corrected chi connectivity index (χ0v) is 12.5. The summed E-state index contributed by atoms with van der Waals surface area (Å²) in [6, 6.07) is 0. The smallest absolute Gasteiger partial charge is 0.236 e. The van der Waals surface area contributed by atoms with Crippen LogP contribution in [0.15, 0.2) is 5.16 Å². The van der Waals surface area contributed by atoms with E-state index in [9.17, 15) is 9.90 Å². The van der Waals surface area contributed by atoms with E-state index in [1.807, 2.05) is 6.92 Å². The minimum Gasteiger partial charge on any atom is -0.409 e. The molecule has 2 rings (SSSR count). The van der Waals surface area contributed by atoms with Crippen LogP contribution in [0.1, 0.15) is 39.0 Å². The molecule has 1 saturated carbocycles. The fourth-order valence-corrected chi connectivity index (χ4v) is 3.45. The number of ether oxygens (including phenoxy) is 1. The van der Waals surface area contributed by atoms with Gasteiger partial charge in [-0.15, -0.1) is 0 Å². The number of carbonyl (C=O) groups excluding carboxylic acids is 1. The molecule has 2 aliphatic rings. The SMILES string of the molecule is CC1CN(C(=O)C2(C(N)=NO)CCCCC2)CC(CO)O1. The van der Waals surface area contributed by atoms with E-state index in [0.717, 1.165) is 19.3 Å². The Morgan fingerprint density at radius 2 is 2.05 bits per heavy atom. The van der Waals surface area contributed by atoms with Gasteiger partial charge in [0.2, 0.25) is 5.91 Å². The van der Waals surface area contributed by atoms with Crippen molar-refractivity contribution >= 4 is 11.7 Å². The van der Waals surface area contributed by atoms with E-state index >= 15 is 0 Å². The van der Waals surface area contributed by atoms with Gasteiger partial charge in [-0.25, -0.2) is 0 Å². The van der Waals surface area contributed by atoms with Crippen LogP contribution >= 0.6 is 0 Å². The van der Waals surface area contributed by atoms with Crippen molar-refractivity contribution in [1.29, 1.82) is 0 Å². The predicted molar refractivity (Wildman–Crippen MR) is 76.9 cm³/mol. The third-order valence-corrected chi connectivity index (χ3v) is 4.53. The van der Waals surface area contributed by atoms with Crippen LogP contribution in [0, 0.1) is 5.41 Å². The second kappa shape index (κ2) is 6.62. The molecule has 1 heterocycles. The standard InChI is InChI=1S/C14H25N3O4/c1-10-7-17(8-11(9-18)21-10)13(19)14(12(15)16-20)5-3-2-4-6-14/h10-11,18,20H,2-9H2,1H3,(H2,15,16). The molecule has 21 heavy (non-hydrogen) atoms. The molecule has 2 unspecified atom stereocenters. The van der Waals surface area contributed by atoms with Crippen molar-refractivity contribution in [2.75, 3.05) is 19.7 Å². The summed E-state index contributed by atoms with van der Waals surface area (Å²) in [5, 5.41) is 21.5. The molecule has 2 fully saturated rings. The molecule has 0 aromatic rings. The normalized spacial score (nSPS) is 30.2. The molecule has 0 aromatic heterocycles. The van der Waals surface area contributed by atoms with Gasteiger partial charge in [0.05, 0.1) is 18.8 Å². The average Bonchev–Trinajstić information content (AvgIpc) is 2.53. The number of nitrogens with zero attached hydrogens (tertiary/aromatic N) is 2. The van der Waals surface area contributed by atoms with Crippen LogP contribution in [0.2, 0.25) is 0 Å². The number of morpholine rings is 1. The molecule has 2 atom stereocenters. The zero-order valence-electron chi connectivity index (χ0n) is 12.5. The van der Waals surface area contributed by atoms with Crippen LogP contribution in [-0.2, 0) is 9.53 Å². The number of aliphatic hydroxyl groups excluding tert-OH is 1. The van der Waals surface area contributed by atoms with Crippen LogP contribution in [-0.4, -0.2) is 58.9 Å². The third-order valence-electron chi connectivity index (χ3n) is 4.53. The quantitative estimate of drug-likeness (QED) is 0.300. The molecule has 0 spiro atoms. The molecule has 1 saturated heterocycles. The Morgan fingerprint density at radius 3 is 2.62 bits per heavy atom. The van der Waals surface area contributed by atoms with Gasteiger partial charge in [0.25, 0.3) is 0 Å². The van der Waals surface area contributed by atoms with E-state index in [4.69, 9.17) is 15.7 Å². The molecule has 120 valence electrons. The predicted octanol–water partition coefficient (Wildman–Crippen LogP) is 0.292. The summed E-state index contributed by atoms with van der Waals surface area (Å²) in [5.74, 6) is -0.0991. The van der Waals surface area contributed by atoms with Gasteiger partial charge in [0.15, 0.2) is 5.84 Å². The molecule has 0 radical (unpaired) electrons. The molecule has 7 nitrogen and oxygen atoms in total. The summed E-state index contributed by atoms with van der Waals surface area (Å²) in [6.45, 7) is 2.57. The number of oxime groups is 1. The van der Waals surface area contributed by atoms with Gasteiger partial charge in [0, 0.05) is 13.1 Å². The molecule has 0 bridgehead atoms. The number of hydrogen-bond donors (Lipinski definition) is 3. The number of amidine groups is 1. The number of amides is 1. The molecular formula is C14H25N3O4. The Morgan fingerprint density at radius 1 is 1.38 bits per heavy atom. The molecule has 1 aliphatic heterocycles. The number of nitrogens with two attached hydrogens (primary N) is 1. The van der Waals surface area contributed by atoms with Crippen LogP contribution < -0.4 is 5.73 Å². The summed E-state index contributed by atoms with van der Waals surface area (Å²) in [5.41, 5.74) is 4.97. The highest BCUT2D eigenvalue weighted by Gasteiger charge is 2.47. The van der Waals surface area contributed by atoms with Crippen molar-refractivity contribution in [2.24, 2.45) is 16.3 Å². The van der Waals surface area contributed by atoms with Gasteiger partial charge in [-0.3, -0.25) is 4.79 Å². The highest BCUT2D eigenvalue weighted by atomic mass is 16.5. The summed E-state index contributed by atoms with van der Waals surface area (Å²) >= 11 is 0. The third kappa shape index (κ3) is 3.13.